The predicted molar refractivity (Wildman–Crippen MR) is 57.2 cm³/mol. The summed E-state index contributed by atoms with van der Waals surface area (Å²) in [5.41, 5.74) is 1.91. The van der Waals surface area contributed by atoms with Gasteiger partial charge in [-0.15, -0.1) is 11.8 Å². The fourth-order valence-corrected chi connectivity index (χ4v) is 1.57. The Morgan fingerprint density at radius 2 is 2.36 bits per heavy atom. The van der Waals surface area contributed by atoms with E-state index < -0.39 is 5.76 Å². The average molecular weight is 208 g/mol. The van der Waals surface area contributed by atoms with Gasteiger partial charge in [-0.1, -0.05) is 0 Å². The van der Waals surface area contributed by atoms with Crippen molar-refractivity contribution in [3.8, 4) is 0 Å². The predicted octanol–water partition coefficient (Wildman–Crippen LogP) is 1.81. The molecule has 4 nitrogen and oxygen atoms in total. The van der Waals surface area contributed by atoms with E-state index in [0.29, 0.717) is 16.1 Å². The molecular weight excluding hydrogens is 200 g/mol. The topological polar surface area (TPSA) is 69.8 Å². The molecule has 0 bridgehead atoms. The molecule has 0 radical (unpaired) electrons. The van der Waals surface area contributed by atoms with Crippen molar-refractivity contribution in [1.29, 1.82) is 5.41 Å². The number of fused-ring (bicyclic) bond motifs is 1. The molecule has 0 atom stereocenters. The highest BCUT2D eigenvalue weighted by atomic mass is 32.2. The highest BCUT2D eigenvalue weighted by molar-refractivity contribution is 8.13. The SMILES string of the molecule is CSC(=N)c1ccc2[nH]c(=O)oc2c1. The van der Waals surface area contributed by atoms with Crippen LogP contribution in [0.15, 0.2) is 27.4 Å². The Balaban J connectivity index is 2.61. The van der Waals surface area contributed by atoms with E-state index in [0.717, 1.165) is 5.56 Å². The molecule has 2 rings (SSSR count). The van der Waals surface area contributed by atoms with E-state index in [2.05, 4.69) is 4.98 Å². The minimum absolute atomic E-state index is 0.454. The first kappa shape index (κ1) is 9.08. The van der Waals surface area contributed by atoms with Crippen molar-refractivity contribution in [3.05, 3.63) is 34.3 Å². The number of oxazole rings is 1. The lowest BCUT2D eigenvalue weighted by Gasteiger charge is -1.98. The van der Waals surface area contributed by atoms with Crippen LogP contribution in [0.2, 0.25) is 0 Å². The van der Waals surface area contributed by atoms with Crippen molar-refractivity contribution in [2.45, 2.75) is 0 Å². The van der Waals surface area contributed by atoms with Gasteiger partial charge in [0.2, 0.25) is 0 Å². The third kappa shape index (κ3) is 1.46. The zero-order valence-electron chi connectivity index (χ0n) is 7.46. The summed E-state index contributed by atoms with van der Waals surface area (Å²) in [7, 11) is 0. The van der Waals surface area contributed by atoms with Crippen LogP contribution in [0.1, 0.15) is 5.56 Å². The summed E-state index contributed by atoms with van der Waals surface area (Å²) in [6.07, 6.45) is 1.83. The maximum absolute atomic E-state index is 10.9. The van der Waals surface area contributed by atoms with Gasteiger partial charge in [0, 0.05) is 5.56 Å². The molecule has 0 fully saturated rings. The van der Waals surface area contributed by atoms with E-state index in [1.165, 1.54) is 11.8 Å². The molecule has 2 N–H and O–H groups in total. The van der Waals surface area contributed by atoms with Crippen LogP contribution in [-0.2, 0) is 0 Å². The number of nitrogens with one attached hydrogen (secondary N) is 2. The molecule has 72 valence electrons. The summed E-state index contributed by atoms with van der Waals surface area (Å²) >= 11 is 1.35. The van der Waals surface area contributed by atoms with Gasteiger partial charge in [0.15, 0.2) is 5.58 Å². The highest BCUT2D eigenvalue weighted by Gasteiger charge is 2.04. The molecule has 2 aromatic rings. The monoisotopic (exact) mass is 208 g/mol. The van der Waals surface area contributed by atoms with Gasteiger partial charge in [-0.2, -0.15) is 0 Å². The molecule has 0 aliphatic carbocycles. The first-order chi connectivity index (χ1) is 6.70. The maximum atomic E-state index is 10.9. The summed E-state index contributed by atoms with van der Waals surface area (Å²) in [6, 6.07) is 5.21. The van der Waals surface area contributed by atoms with Crippen molar-refractivity contribution < 1.29 is 4.42 Å². The van der Waals surface area contributed by atoms with Gasteiger partial charge in [-0.05, 0) is 24.5 Å². The molecule has 0 spiro atoms. The van der Waals surface area contributed by atoms with E-state index in [9.17, 15) is 4.79 Å². The highest BCUT2D eigenvalue weighted by Crippen LogP contribution is 2.15. The molecule has 14 heavy (non-hydrogen) atoms. The lowest BCUT2D eigenvalue weighted by molar-refractivity contribution is 0.555. The fourth-order valence-electron chi connectivity index (χ4n) is 1.20. The Morgan fingerprint density at radius 1 is 1.57 bits per heavy atom. The molecule has 0 unspecified atom stereocenters. The Bertz CT molecular complexity index is 541. The van der Waals surface area contributed by atoms with Crippen molar-refractivity contribution in [2.24, 2.45) is 0 Å². The second-order valence-electron chi connectivity index (χ2n) is 2.76. The number of H-pyrrole nitrogens is 1. The Labute approximate surface area is 83.8 Å². The second-order valence-corrected chi connectivity index (χ2v) is 3.58. The van der Waals surface area contributed by atoms with Crippen molar-refractivity contribution >= 4 is 27.9 Å². The fraction of sp³-hybridized carbons (Fsp3) is 0.111. The largest absolute Gasteiger partial charge is 0.417 e. The number of thioether (sulfide) groups is 1. The number of hydrogen-bond acceptors (Lipinski definition) is 4. The normalized spacial score (nSPS) is 10.6. The summed E-state index contributed by atoms with van der Waals surface area (Å²) in [4.78, 5) is 13.4. The van der Waals surface area contributed by atoms with Crippen LogP contribution in [0.25, 0.3) is 11.1 Å². The molecule has 0 aliphatic heterocycles. The molecule has 0 amide bonds. The van der Waals surface area contributed by atoms with Crippen LogP contribution >= 0.6 is 11.8 Å². The van der Waals surface area contributed by atoms with E-state index in [1.807, 2.05) is 6.26 Å². The van der Waals surface area contributed by atoms with E-state index in [4.69, 9.17) is 9.83 Å². The van der Waals surface area contributed by atoms with Crippen molar-refractivity contribution in [3.63, 3.8) is 0 Å². The number of benzene rings is 1. The molecule has 0 saturated carbocycles. The Morgan fingerprint density at radius 3 is 3.07 bits per heavy atom. The molecule has 0 saturated heterocycles. The van der Waals surface area contributed by atoms with Crippen LogP contribution in [0.4, 0.5) is 0 Å². The molecule has 1 aromatic heterocycles. The smallest absolute Gasteiger partial charge is 0.408 e. The van der Waals surface area contributed by atoms with Crippen LogP contribution in [0.3, 0.4) is 0 Å². The quantitative estimate of drug-likeness (QED) is 0.554. The lowest BCUT2D eigenvalue weighted by atomic mass is 10.2. The standard InChI is InChI=1S/C9H8N2O2S/c1-14-8(10)5-2-3-6-7(4-5)13-9(12)11-6/h2-4,10H,1H3,(H,11,12). The van der Waals surface area contributed by atoms with Gasteiger partial charge >= 0.3 is 5.76 Å². The van der Waals surface area contributed by atoms with Crippen molar-refractivity contribution in [2.75, 3.05) is 6.26 Å². The van der Waals surface area contributed by atoms with Gasteiger partial charge in [0.25, 0.3) is 0 Å². The third-order valence-electron chi connectivity index (χ3n) is 1.89. The first-order valence-corrected chi connectivity index (χ1v) is 5.19. The molecular formula is C9H8N2O2S. The summed E-state index contributed by atoms with van der Waals surface area (Å²) in [5, 5.41) is 8.05. The molecule has 5 heteroatoms. The summed E-state index contributed by atoms with van der Waals surface area (Å²) in [5.74, 6) is -0.465. The first-order valence-electron chi connectivity index (χ1n) is 3.96. The lowest BCUT2D eigenvalue weighted by Crippen LogP contribution is -1.92. The Kier molecular flexibility index (Phi) is 2.17. The minimum atomic E-state index is -0.465. The Hall–Kier alpha value is -1.49. The second kappa shape index (κ2) is 3.34. The van der Waals surface area contributed by atoms with Crippen LogP contribution in [-0.4, -0.2) is 16.3 Å². The molecule has 1 heterocycles. The minimum Gasteiger partial charge on any atom is -0.408 e. The number of aromatic nitrogens is 1. The van der Waals surface area contributed by atoms with E-state index >= 15 is 0 Å². The van der Waals surface area contributed by atoms with E-state index in [-0.39, 0.29) is 0 Å². The molecule has 0 aliphatic rings. The molecule has 1 aromatic carbocycles. The number of aromatic amines is 1. The van der Waals surface area contributed by atoms with E-state index in [1.54, 1.807) is 18.2 Å². The zero-order chi connectivity index (χ0) is 10.1. The van der Waals surface area contributed by atoms with Crippen LogP contribution in [0, 0.1) is 5.41 Å². The summed E-state index contributed by atoms with van der Waals surface area (Å²) in [6.45, 7) is 0. The van der Waals surface area contributed by atoms with Crippen LogP contribution in [0.5, 0.6) is 0 Å². The summed E-state index contributed by atoms with van der Waals surface area (Å²) < 4.78 is 4.89. The number of rotatable bonds is 1. The van der Waals surface area contributed by atoms with Crippen molar-refractivity contribution in [1.82, 2.24) is 4.98 Å². The van der Waals surface area contributed by atoms with Crippen LogP contribution < -0.4 is 5.76 Å². The van der Waals surface area contributed by atoms with Gasteiger partial charge in [0.1, 0.15) is 0 Å². The van der Waals surface area contributed by atoms with Gasteiger partial charge < -0.3 is 4.42 Å². The maximum Gasteiger partial charge on any atom is 0.417 e. The van der Waals surface area contributed by atoms with Gasteiger partial charge in [-0.3, -0.25) is 10.4 Å². The van der Waals surface area contributed by atoms with Gasteiger partial charge in [0.05, 0.1) is 10.6 Å². The zero-order valence-corrected chi connectivity index (χ0v) is 8.27. The third-order valence-corrected chi connectivity index (χ3v) is 2.53. The number of hydrogen-bond donors (Lipinski definition) is 2. The average Bonchev–Trinajstić information content (AvgIpc) is 2.55. The van der Waals surface area contributed by atoms with Gasteiger partial charge in [-0.25, -0.2) is 4.79 Å².